The van der Waals surface area contributed by atoms with Gasteiger partial charge in [0.15, 0.2) is 0 Å². The first kappa shape index (κ1) is 10.1. The molecule has 2 aromatic rings. The largest absolute Gasteiger partial charge is 0.321 e. The fourth-order valence-corrected chi connectivity index (χ4v) is 1.21. The lowest BCUT2D eigenvalue weighted by Gasteiger charge is -2.00. The molecule has 0 unspecified atom stereocenters. The van der Waals surface area contributed by atoms with E-state index in [4.69, 9.17) is 5.26 Å². The summed E-state index contributed by atoms with van der Waals surface area (Å²) >= 11 is 0. The first-order valence-corrected chi connectivity index (χ1v) is 4.84. The Bertz CT molecular complexity index is 524. The zero-order valence-electron chi connectivity index (χ0n) is 8.75. The standard InChI is InChI=1S/C10H10N6/c1-2-16-7-9(6-13-16)15-10-12-4-3-8(5-11)14-10/h3-4,6-7H,2H2,1H3,(H,12,14,15). The van der Waals surface area contributed by atoms with Gasteiger partial charge in [-0.05, 0) is 13.0 Å². The van der Waals surface area contributed by atoms with Crippen molar-refractivity contribution in [3.63, 3.8) is 0 Å². The summed E-state index contributed by atoms with van der Waals surface area (Å²) < 4.78 is 1.79. The summed E-state index contributed by atoms with van der Waals surface area (Å²) in [6, 6.07) is 3.51. The van der Waals surface area contributed by atoms with Crippen molar-refractivity contribution in [3.8, 4) is 6.07 Å². The molecule has 6 heteroatoms. The Kier molecular flexibility index (Phi) is 2.78. The van der Waals surface area contributed by atoms with Crippen LogP contribution in [0.1, 0.15) is 12.6 Å². The van der Waals surface area contributed by atoms with Gasteiger partial charge in [0.1, 0.15) is 11.8 Å². The average molecular weight is 214 g/mol. The molecule has 0 radical (unpaired) electrons. The Morgan fingerprint density at radius 3 is 3.12 bits per heavy atom. The van der Waals surface area contributed by atoms with Gasteiger partial charge >= 0.3 is 0 Å². The molecule has 0 bridgehead atoms. The first-order chi connectivity index (χ1) is 7.81. The molecule has 6 nitrogen and oxygen atoms in total. The van der Waals surface area contributed by atoms with E-state index in [9.17, 15) is 0 Å². The van der Waals surface area contributed by atoms with Crippen molar-refractivity contribution < 1.29 is 0 Å². The molecule has 0 aliphatic carbocycles. The van der Waals surface area contributed by atoms with Gasteiger partial charge in [0, 0.05) is 18.9 Å². The normalized spacial score (nSPS) is 9.75. The van der Waals surface area contributed by atoms with Crippen LogP contribution in [0.2, 0.25) is 0 Å². The summed E-state index contributed by atoms with van der Waals surface area (Å²) in [6.45, 7) is 2.81. The number of aromatic nitrogens is 4. The number of rotatable bonds is 3. The van der Waals surface area contributed by atoms with Gasteiger partial charge in [-0.1, -0.05) is 0 Å². The second-order valence-corrected chi connectivity index (χ2v) is 3.09. The molecule has 0 atom stereocenters. The molecular weight excluding hydrogens is 204 g/mol. The maximum atomic E-state index is 8.69. The fraction of sp³-hybridized carbons (Fsp3) is 0.200. The van der Waals surface area contributed by atoms with Crippen molar-refractivity contribution in [1.82, 2.24) is 19.7 Å². The third kappa shape index (κ3) is 2.15. The second kappa shape index (κ2) is 4.40. The van der Waals surface area contributed by atoms with Crippen LogP contribution in [0.15, 0.2) is 24.7 Å². The topological polar surface area (TPSA) is 79.4 Å². The number of nitriles is 1. The number of anilines is 2. The first-order valence-electron chi connectivity index (χ1n) is 4.84. The van der Waals surface area contributed by atoms with Gasteiger partial charge in [0.05, 0.1) is 11.9 Å². The molecule has 0 saturated carbocycles. The third-order valence-electron chi connectivity index (χ3n) is 1.98. The third-order valence-corrected chi connectivity index (χ3v) is 1.98. The Morgan fingerprint density at radius 2 is 2.44 bits per heavy atom. The molecule has 0 fully saturated rings. The van der Waals surface area contributed by atoms with Gasteiger partial charge in [-0.15, -0.1) is 0 Å². The number of hydrogen-bond acceptors (Lipinski definition) is 5. The maximum Gasteiger partial charge on any atom is 0.228 e. The predicted octanol–water partition coefficient (Wildman–Crippen LogP) is 1.31. The number of hydrogen-bond donors (Lipinski definition) is 1. The molecule has 0 amide bonds. The van der Waals surface area contributed by atoms with Gasteiger partial charge in [-0.2, -0.15) is 10.4 Å². The van der Waals surface area contributed by atoms with Gasteiger partial charge < -0.3 is 5.32 Å². The van der Waals surface area contributed by atoms with Crippen LogP contribution in [0.5, 0.6) is 0 Å². The van der Waals surface area contributed by atoms with Crippen LogP contribution in [-0.4, -0.2) is 19.7 Å². The summed E-state index contributed by atoms with van der Waals surface area (Å²) in [7, 11) is 0. The van der Waals surface area contributed by atoms with Crippen LogP contribution in [0.4, 0.5) is 11.6 Å². The van der Waals surface area contributed by atoms with Gasteiger partial charge in [0.25, 0.3) is 0 Å². The quantitative estimate of drug-likeness (QED) is 0.833. The molecule has 0 aliphatic heterocycles. The molecule has 2 rings (SSSR count). The highest BCUT2D eigenvalue weighted by Crippen LogP contribution is 2.10. The van der Waals surface area contributed by atoms with Gasteiger partial charge in [0.2, 0.25) is 5.95 Å². The minimum atomic E-state index is 0.334. The zero-order chi connectivity index (χ0) is 11.4. The highest BCUT2D eigenvalue weighted by Gasteiger charge is 2.01. The van der Waals surface area contributed by atoms with Crippen molar-refractivity contribution in [3.05, 3.63) is 30.4 Å². The van der Waals surface area contributed by atoms with Crippen LogP contribution in [0, 0.1) is 11.3 Å². The van der Waals surface area contributed by atoms with Crippen LogP contribution in [-0.2, 0) is 6.54 Å². The number of nitrogens with zero attached hydrogens (tertiary/aromatic N) is 5. The number of nitrogens with one attached hydrogen (secondary N) is 1. The van der Waals surface area contributed by atoms with Crippen molar-refractivity contribution >= 4 is 11.6 Å². The van der Waals surface area contributed by atoms with Crippen LogP contribution in [0.3, 0.4) is 0 Å². The molecule has 2 aromatic heterocycles. The molecule has 2 heterocycles. The maximum absolute atomic E-state index is 8.69. The highest BCUT2D eigenvalue weighted by molar-refractivity contribution is 5.50. The van der Waals surface area contributed by atoms with Gasteiger partial charge in [-0.3, -0.25) is 4.68 Å². The molecule has 0 saturated heterocycles. The highest BCUT2D eigenvalue weighted by atomic mass is 15.3. The Balaban J connectivity index is 2.17. The van der Waals surface area contributed by atoms with Crippen molar-refractivity contribution in [2.24, 2.45) is 0 Å². The summed E-state index contributed by atoms with van der Waals surface area (Å²) in [4.78, 5) is 8.01. The Labute approximate surface area is 92.6 Å². The summed E-state index contributed by atoms with van der Waals surface area (Å²) in [5.74, 6) is 0.398. The molecule has 80 valence electrons. The van der Waals surface area contributed by atoms with E-state index in [2.05, 4.69) is 20.4 Å². The van der Waals surface area contributed by atoms with Crippen molar-refractivity contribution in [1.29, 1.82) is 5.26 Å². The Morgan fingerprint density at radius 1 is 1.56 bits per heavy atom. The monoisotopic (exact) mass is 214 g/mol. The van der Waals surface area contributed by atoms with E-state index < -0.39 is 0 Å². The molecule has 16 heavy (non-hydrogen) atoms. The summed E-state index contributed by atoms with van der Waals surface area (Å²) in [6.07, 6.45) is 5.08. The van der Waals surface area contributed by atoms with E-state index >= 15 is 0 Å². The lowest BCUT2D eigenvalue weighted by molar-refractivity contribution is 0.660. The minimum absolute atomic E-state index is 0.334. The van der Waals surface area contributed by atoms with E-state index in [0.29, 0.717) is 11.6 Å². The summed E-state index contributed by atoms with van der Waals surface area (Å²) in [5.41, 5.74) is 1.14. The van der Waals surface area contributed by atoms with E-state index in [0.717, 1.165) is 12.2 Å². The van der Waals surface area contributed by atoms with E-state index in [1.54, 1.807) is 16.9 Å². The van der Waals surface area contributed by atoms with Crippen LogP contribution in [0.25, 0.3) is 0 Å². The molecule has 0 aromatic carbocycles. The van der Waals surface area contributed by atoms with Crippen LogP contribution < -0.4 is 5.32 Å². The molecule has 0 spiro atoms. The fourth-order valence-electron chi connectivity index (χ4n) is 1.21. The lowest BCUT2D eigenvalue weighted by atomic mass is 10.4. The minimum Gasteiger partial charge on any atom is -0.321 e. The SMILES string of the molecule is CCn1cc(Nc2nccc(C#N)n2)cn1. The molecular formula is C10H10N6. The lowest BCUT2D eigenvalue weighted by Crippen LogP contribution is -1.97. The smallest absolute Gasteiger partial charge is 0.228 e. The average Bonchev–Trinajstić information content (AvgIpc) is 2.77. The van der Waals surface area contributed by atoms with E-state index in [1.165, 1.54) is 6.20 Å². The summed E-state index contributed by atoms with van der Waals surface area (Å²) in [5, 5.41) is 15.8. The van der Waals surface area contributed by atoms with Crippen molar-refractivity contribution in [2.75, 3.05) is 5.32 Å². The van der Waals surface area contributed by atoms with E-state index in [1.807, 2.05) is 19.2 Å². The van der Waals surface area contributed by atoms with Crippen molar-refractivity contribution in [2.45, 2.75) is 13.5 Å². The van der Waals surface area contributed by atoms with E-state index in [-0.39, 0.29) is 0 Å². The Hall–Kier alpha value is -2.42. The number of aryl methyl sites for hydroxylation is 1. The molecule has 0 aliphatic rings. The molecule has 1 N–H and O–H groups in total. The predicted molar refractivity (Wildman–Crippen MR) is 57.9 cm³/mol. The van der Waals surface area contributed by atoms with Crippen LogP contribution >= 0.6 is 0 Å². The second-order valence-electron chi connectivity index (χ2n) is 3.09. The zero-order valence-corrected chi connectivity index (χ0v) is 8.75. The van der Waals surface area contributed by atoms with Gasteiger partial charge in [-0.25, -0.2) is 9.97 Å².